The number of rotatable bonds is 36. The third kappa shape index (κ3) is 24.6. The second kappa shape index (κ2) is 32.5. The molecule has 0 unspecified atom stereocenters. The van der Waals surface area contributed by atoms with Gasteiger partial charge in [-0.1, -0.05) is 232 Å². The first-order valence-electron chi connectivity index (χ1n) is 23.5. The molecule has 0 aliphatic heterocycles. The van der Waals surface area contributed by atoms with E-state index in [2.05, 4.69) is 27.7 Å². The predicted molar refractivity (Wildman–Crippen MR) is 235 cm³/mol. The molecule has 0 saturated carbocycles. The standard InChI is InChI=1S/C51H84O4/c1-5-7-9-11-13-15-17-19-21-23-25-27-29-31-33-35-49(52)54-47-41-37-45(38-42-47)51(3,4)46-39-43-48(44-40-46)55-50(53)36-34-32-30-28-26-24-22-20-18-16-14-12-10-8-6-2/h37-44H,5-36H2,1-4H3. The Morgan fingerprint density at radius 3 is 0.818 bits per heavy atom. The lowest BCUT2D eigenvalue weighted by Crippen LogP contribution is -2.19. The van der Waals surface area contributed by atoms with Gasteiger partial charge >= 0.3 is 11.9 Å². The van der Waals surface area contributed by atoms with Crippen LogP contribution in [0.1, 0.15) is 244 Å². The maximum atomic E-state index is 12.5. The van der Waals surface area contributed by atoms with Crippen LogP contribution in [-0.4, -0.2) is 11.9 Å². The van der Waals surface area contributed by atoms with Gasteiger partial charge in [0.25, 0.3) is 0 Å². The summed E-state index contributed by atoms with van der Waals surface area (Å²) in [4.78, 5) is 25.0. The van der Waals surface area contributed by atoms with Gasteiger partial charge in [-0.25, -0.2) is 0 Å². The first-order valence-corrected chi connectivity index (χ1v) is 23.5. The van der Waals surface area contributed by atoms with Gasteiger partial charge in [0.2, 0.25) is 0 Å². The SMILES string of the molecule is CCCCCCCCCCCCCCCCCC(=O)Oc1ccc(C(C)(C)c2ccc(OC(=O)CCCCCCCCCCCCCCCCC)cc2)cc1. The Balaban J connectivity index is 1.53. The van der Waals surface area contributed by atoms with Crippen molar-refractivity contribution in [3.8, 4) is 11.5 Å². The predicted octanol–water partition coefficient (Wildman–Crippen LogP) is 16.3. The molecule has 0 saturated heterocycles. The molecule has 0 radical (unpaired) electrons. The molecular formula is C51H84O4. The van der Waals surface area contributed by atoms with Gasteiger partial charge < -0.3 is 9.47 Å². The Labute approximate surface area is 339 Å². The van der Waals surface area contributed by atoms with E-state index in [1.54, 1.807) is 0 Å². The highest BCUT2D eigenvalue weighted by Crippen LogP contribution is 2.33. The second-order valence-electron chi connectivity index (χ2n) is 17.0. The zero-order valence-electron chi connectivity index (χ0n) is 36.4. The van der Waals surface area contributed by atoms with Gasteiger partial charge in [-0.3, -0.25) is 9.59 Å². The normalized spacial score (nSPS) is 11.6. The maximum absolute atomic E-state index is 12.5. The van der Waals surface area contributed by atoms with E-state index in [4.69, 9.17) is 9.47 Å². The summed E-state index contributed by atoms with van der Waals surface area (Å²) in [5.41, 5.74) is 2.01. The minimum absolute atomic E-state index is 0.147. The van der Waals surface area contributed by atoms with Crippen molar-refractivity contribution in [2.45, 2.75) is 239 Å². The van der Waals surface area contributed by atoms with Gasteiger partial charge in [-0.2, -0.15) is 0 Å². The fourth-order valence-electron chi connectivity index (χ4n) is 7.69. The summed E-state index contributed by atoms with van der Waals surface area (Å²) in [7, 11) is 0. The molecule has 0 aliphatic carbocycles. The van der Waals surface area contributed by atoms with E-state index in [-0.39, 0.29) is 17.4 Å². The summed E-state index contributed by atoms with van der Waals surface area (Å²) >= 11 is 0. The summed E-state index contributed by atoms with van der Waals surface area (Å²) in [6, 6.07) is 15.8. The van der Waals surface area contributed by atoms with Gasteiger partial charge in [0.15, 0.2) is 0 Å². The smallest absolute Gasteiger partial charge is 0.311 e. The highest BCUT2D eigenvalue weighted by molar-refractivity contribution is 5.72. The van der Waals surface area contributed by atoms with E-state index in [9.17, 15) is 9.59 Å². The van der Waals surface area contributed by atoms with Crippen LogP contribution in [0.4, 0.5) is 0 Å². The average Bonchev–Trinajstić information content (AvgIpc) is 3.18. The Bertz CT molecular complexity index is 1100. The Morgan fingerprint density at radius 2 is 0.582 bits per heavy atom. The van der Waals surface area contributed by atoms with Crippen LogP contribution >= 0.6 is 0 Å². The van der Waals surface area contributed by atoms with Crippen molar-refractivity contribution >= 4 is 11.9 Å². The fraction of sp³-hybridized carbons (Fsp3) is 0.725. The Kier molecular flexibility index (Phi) is 28.6. The quantitative estimate of drug-likeness (QED) is 0.0394. The lowest BCUT2D eigenvalue weighted by atomic mass is 9.78. The zero-order chi connectivity index (χ0) is 39.7. The summed E-state index contributed by atoms with van der Waals surface area (Å²) in [5, 5.41) is 0. The number of carbonyl (C=O) groups excluding carboxylic acids is 2. The molecule has 0 amide bonds. The monoisotopic (exact) mass is 761 g/mol. The van der Waals surface area contributed by atoms with Crippen LogP contribution in [0, 0.1) is 0 Å². The molecule has 2 aromatic rings. The minimum Gasteiger partial charge on any atom is -0.427 e. The third-order valence-corrected chi connectivity index (χ3v) is 11.6. The van der Waals surface area contributed by atoms with Crippen molar-refractivity contribution in [3.63, 3.8) is 0 Å². The van der Waals surface area contributed by atoms with E-state index in [1.165, 1.54) is 167 Å². The molecule has 2 aromatic carbocycles. The maximum Gasteiger partial charge on any atom is 0.311 e. The number of benzene rings is 2. The molecular weight excluding hydrogens is 677 g/mol. The Hall–Kier alpha value is -2.62. The molecule has 4 nitrogen and oxygen atoms in total. The molecule has 0 N–H and O–H groups in total. The second-order valence-corrected chi connectivity index (χ2v) is 17.0. The van der Waals surface area contributed by atoms with Gasteiger partial charge in [0.1, 0.15) is 11.5 Å². The number of ether oxygens (including phenoxy) is 2. The minimum atomic E-state index is -0.257. The number of hydrogen-bond acceptors (Lipinski definition) is 4. The molecule has 0 atom stereocenters. The number of hydrogen-bond donors (Lipinski definition) is 0. The average molecular weight is 761 g/mol. The molecule has 312 valence electrons. The number of esters is 2. The Morgan fingerprint density at radius 1 is 0.364 bits per heavy atom. The van der Waals surface area contributed by atoms with Crippen molar-refractivity contribution in [1.29, 1.82) is 0 Å². The number of unbranched alkanes of at least 4 members (excludes halogenated alkanes) is 28. The topological polar surface area (TPSA) is 52.6 Å². The van der Waals surface area contributed by atoms with Crippen LogP contribution < -0.4 is 9.47 Å². The molecule has 2 rings (SSSR count). The molecule has 0 bridgehead atoms. The van der Waals surface area contributed by atoms with Crippen molar-refractivity contribution < 1.29 is 19.1 Å². The summed E-state index contributed by atoms with van der Waals surface area (Å²) in [5.74, 6) is 0.904. The first-order chi connectivity index (χ1) is 26.9. The van der Waals surface area contributed by atoms with E-state index >= 15 is 0 Å². The van der Waals surface area contributed by atoms with Crippen LogP contribution in [0.5, 0.6) is 11.5 Å². The first kappa shape index (κ1) is 48.5. The molecule has 55 heavy (non-hydrogen) atoms. The molecule has 0 fully saturated rings. The van der Waals surface area contributed by atoms with Gasteiger partial charge in [0.05, 0.1) is 0 Å². The van der Waals surface area contributed by atoms with Crippen molar-refractivity contribution in [1.82, 2.24) is 0 Å². The lowest BCUT2D eigenvalue weighted by molar-refractivity contribution is -0.135. The molecule has 4 heteroatoms. The molecule has 0 heterocycles. The summed E-state index contributed by atoms with van der Waals surface area (Å²) in [6.45, 7) is 8.92. The molecule has 0 spiro atoms. The van der Waals surface area contributed by atoms with Gasteiger partial charge in [-0.05, 0) is 48.2 Å². The van der Waals surface area contributed by atoms with Crippen LogP contribution in [0.3, 0.4) is 0 Å². The van der Waals surface area contributed by atoms with Crippen LogP contribution in [0.2, 0.25) is 0 Å². The van der Waals surface area contributed by atoms with Gasteiger partial charge in [-0.15, -0.1) is 0 Å². The lowest BCUT2D eigenvalue weighted by Gasteiger charge is -2.26. The third-order valence-electron chi connectivity index (χ3n) is 11.6. The highest BCUT2D eigenvalue weighted by atomic mass is 16.5. The van der Waals surface area contributed by atoms with E-state index in [1.807, 2.05) is 48.5 Å². The fourth-order valence-corrected chi connectivity index (χ4v) is 7.69. The van der Waals surface area contributed by atoms with E-state index in [0.29, 0.717) is 24.3 Å². The van der Waals surface area contributed by atoms with Crippen LogP contribution in [0.15, 0.2) is 48.5 Å². The highest BCUT2D eigenvalue weighted by Gasteiger charge is 2.23. The van der Waals surface area contributed by atoms with Crippen LogP contribution in [0.25, 0.3) is 0 Å². The van der Waals surface area contributed by atoms with E-state index in [0.717, 1.165) is 36.8 Å². The largest absolute Gasteiger partial charge is 0.427 e. The van der Waals surface area contributed by atoms with Crippen molar-refractivity contribution in [2.75, 3.05) is 0 Å². The summed E-state index contributed by atoms with van der Waals surface area (Å²) < 4.78 is 11.3. The zero-order valence-corrected chi connectivity index (χ0v) is 36.4. The summed E-state index contributed by atoms with van der Waals surface area (Å²) in [6.07, 6.45) is 40.4. The van der Waals surface area contributed by atoms with Gasteiger partial charge in [0, 0.05) is 18.3 Å². The molecule has 0 aromatic heterocycles. The van der Waals surface area contributed by atoms with E-state index < -0.39 is 0 Å². The van der Waals surface area contributed by atoms with Crippen LogP contribution in [-0.2, 0) is 15.0 Å². The van der Waals surface area contributed by atoms with Crippen molar-refractivity contribution in [3.05, 3.63) is 59.7 Å². The molecule has 0 aliphatic rings. The number of carbonyl (C=O) groups is 2. The van der Waals surface area contributed by atoms with Crippen molar-refractivity contribution in [2.24, 2.45) is 0 Å².